The molecule has 2 N–H and O–H groups in total. The summed E-state index contributed by atoms with van der Waals surface area (Å²) in [5.41, 5.74) is 8.12. The van der Waals surface area contributed by atoms with Gasteiger partial charge in [-0.15, -0.1) is 0 Å². The van der Waals surface area contributed by atoms with E-state index in [4.69, 9.17) is 28.9 Å². The van der Waals surface area contributed by atoms with E-state index >= 15 is 0 Å². The highest BCUT2D eigenvalue weighted by Crippen LogP contribution is 2.28. The standard InChI is InChI=1S/C14H18Cl2N4/c1-19(8-10-7-18-20(2)9-10)14(6-17)11-3-4-12(15)13(16)5-11/h3-5,7,9,14H,6,8,17H2,1-2H3. The maximum Gasteiger partial charge on any atom is 0.0595 e. The topological polar surface area (TPSA) is 47.1 Å². The third-order valence-corrected chi connectivity index (χ3v) is 4.01. The van der Waals surface area contributed by atoms with E-state index < -0.39 is 0 Å². The molecule has 108 valence electrons. The molecule has 0 aliphatic rings. The van der Waals surface area contributed by atoms with Crippen LogP contribution < -0.4 is 5.73 Å². The minimum Gasteiger partial charge on any atom is -0.329 e. The molecular formula is C14H18Cl2N4. The number of likely N-dealkylation sites (N-methyl/N-ethyl adjacent to an activating group) is 1. The zero-order valence-electron chi connectivity index (χ0n) is 11.6. The Kier molecular flexibility index (Phi) is 5.05. The molecule has 0 bridgehead atoms. The van der Waals surface area contributed by atoms with E-state index in [1.807, 2.05) is 38.6 Å². The summed E-state index contributed by atoms with van der Waals surface area (Å²) in [6.07, 6.45) is 3.86. The Balaban J connectivity index is 2.16. The maximum absolute atomic E-state index is 6.08. The lowest BCUT2D eigenvalue weighted by molar-refractivity contribution is 0.242. The van der Waals surface area contributed by atoms with Crippen molar-refractivity contribution in [3.8, 4) is 0 Å². The van der Waals surface area contributed by atoms with Crippen LogP contribution in [0.1, 0.15) is 17.2 Å². The lowest BCUT2D eigenvalue weighted by Crippen LogP contribution is -2.30. The largest absolute Gasteiger partial charge is 0.329 e. The van der Waals surface area contributed by atoms with Gasteiger partial charge in [0, 0.05) is 37.9 Å². The van der Waals surface area contributed by atoms with Gasteiger partial charge in [0.1, 0.15) is 0 Å². The molecule has 2 rings (SSSR count). The van der Waals surface area contributed by atoms with Crippen LogP contribution in [0.4, 0.5) is 0 Å². The molecule has 1 unspecified atom stereocenters. The first-order valence-electron chi connectivity index (χ1n) is 6.34. The van der Waals surface area contributed by atoms with Crippen LogP contribution in [0.3, 0.4) is 0 Å². The Bertz CT molecular complexity index is 582. The molecule has 0 amide bonds. The van der Waals surface area contributed by atoms with Crippen molar-refractivity contribution in [3.63, 3.8) is 0 Å². The molecule has 6 heteroatoms. The van der Waals surface area contributed by atoms with Crippen molar-refractivity contribution in [1.82, 2.24) is 14.7 Å². The highest BCUT2D eigenvalue weighted by molar-refractivity contribution is 6.42. The molecule has 4 nitrogen and oxygen atoms in total. The van der Waals surface area contributed by atoms with Crippen molar-refractivity contribution in [3.05, 3.63) is 51.8 Å². The second kappa shape index (κ2) is 6.59. The molecule has 1 atom stereocenters. The number of benzene rings is 1. The van der Waals surface area contributed by atoms with Gasteiger partial charge in [-0.25, -0.2) is 0 Å². The van der Waals surface area contributed by atoms with Gasteiger partial charge in [-0.1, -0.05) is 29.3 Å². The monoisotopic (exact) mass is 312 g/mol. The average Bonchev–Trinajstić information content (AvgIpc) is 2.80. The van der Waals surface area contributed by atoms with Crippen molar-refractivity contribution >= 4 is 23.2 Å². The second-order valence-corrected chi connectivity index (χ2v) is 5.68. The minimum absolute atomic E-state index is 0.0879. The van der Waals surface area contributed by atoms with Gasteiger partial charge in [0.05, 0.1) is 16.2 Å². The molecule has 1 aromatic heterocycles. The van der Waals surface area contributed by atoms with E-state index in [0.717, 1.165) is 17.7 Å². The van der Waals surface area contributed by atoms with Gasteiger partial charge >= 0.3 is 0 Å². The van der Waals surface area contributed by atoms with Gasteiger partial charge in [-0.05, 0) is 24.7 Å². The molecular weight excluding hydrogens is 295 g/mol. The molecule has 0 aliphatic carbocycles. The highest BCUT2D eigenvalue weighted by atomic mass is 35.5. The Morgan fingerprint density at radius 1 is 1.35 bits per heavy atom. The van der Waals surface area contributed by atoms with Gasteiger partial charge in [-0.3, -0.25) is 9.58 Å². The summed E-state index contributed by atoms with van der Waals surface area (Å²) < 4.78 is 1.79. The van der Waals surface area contributed by atoms with Crippen LogP contribution in [0.2, 0.25) is 10.0 Å². The Labute approximate surface area is 129 Å². The minimum atomic E-state index is 0.0879. The predicted molar refractivity (Wildman–Crippen MR) is 82.9 cm³/mol. The Morgan fingerprint density at radius 3 is 2.65 bits per heavy atom. The number of nitrogens with zero attached hydrogens (tertiary/aromatic N) is 3. The first-order valence-corrected chi connectivity index (χ1v) is 7.09. The smallest absolute Gasteiger partial charge is 0.0595 e. The van der Waals surface area contributed by atoms with Crippen LogP contribution in [0.25, 0.3) is 0 Å². The first-order chi connectivity index (χ1) is 9.51. The first kappa shape index (κ1) is 15.3. The van der Waals surface area contributed by atoms with Crippen LogP contribution in [0.5, 0.6) is 0 Å². The normalized spacial score (nSPS) is 12.9. The highest BCUT2D eigenvalue weighted by Gasteiger charge is 2.17. The van der Waals surface area contributed by atoms with Gasteiger partial charge in [0.25, 0.3) is 0 Å². The van der Waals surface area contributed by atoms with Crippen LogP contribution in [0.15, 0.2) is 30.6 Å². The van der Waals surface area contributed by atoms with E-state index in [-0.39, 0.29) is 6.04 Å². The Hall–Kier alpha value is -1.07. The SMILES string of the molecule is CN(Cc1cnn(C)c1)C(CN)c1ccc(Cl)c(Cl)c1. The molecule has 1 heterocycles. The molecule has 0 spiro atoms. The van der Waals surface area contributed by atoms with E-state index in [9.17, 15) is 0 Å². The fourth-order valence-electron chi connectivity index (χ4n) is 2.24. The summed E-state index contributed by atoms with van der Waals surface area (Å²) in [4.78, 5) is 2.18. The number of aromatic nitrogens is 2. The Morgan fingerprint density at radius 2 is 2.10 bits per heavy atom. The van der Waals surface area contributed by atoms with Crippen molar-refractivity contribution in [2.75, 3.05) is 13.6 Å². The summed E-state index contributed by atoms with van der Waals surface area (Å²) >= 11 is 12.0. The van der Waals surface area contributed by atoms with Crippen LogP contribution in [-0.4, -0.2) is 28.3 Å². The van der Waals surface area contributed by atoms with Crippen LogP contribution in [0, 0.1) is 0 Å². The molecule has 0 saturated heterocycles. The summed E-state index contributed by atoms with van der Waals surface area (Å²) in [6, 6.07) is 5.73. The summed E-state index contributed by atoms with van der Waals surface area (Å²) in [7, 11) is 3.94. The summed E-state index contributed by atoms with van der Waals surface area (Å²) in [6.45, 7) is 1.28. The van der Waals surface area contributed by atoms with Gasteiger partial charge < -0.3 is 5.73 Å². The van der Waals surface area contributed by atoms with E-state index in [0.29, 0.717) is 16.6 Å². The molecule has 0 aliphatic heterocycles. The number of halogens is 2. The van der Waals surface area contributed by atoms with Crippen LogP contribution >= 0.6 is 23.2 Å². The lowest BCUT2D eigenvalue weighted by Gasteiger charge is -2.27. The van der Waals surface area contributed by atoms with Crippen molar-refractivity contribution < 1.29 is 0 Å². The number of hydrogen-bond donors (Lipinski definition) is 1. The lowest BCUT2D eigenvalue weighted by atomic mass is 10.1. The fourth-order valence-corrected chi connectivity index (χ4v) is 2.55. The molecule has 2 aromatic rings. The molecule has 1 aromatic carbocycles. The molecule has 20 heavy (non-hydrogen) atoms. The zero-order valence-corrected chi connectivity index (χ0v) is 13.1. The number of rotatable bonds is 5. The van der Waals surface area contributed by atoms with E-state index in [1.165, 1.54) is 0 Å². The average molecular weight is 313 g/mol. The van der Waals surface area contributed by atoms with E-state index in [2.05, 4.69) is 10.00 Å². The summed E-state index contributed by atoms with van der Waals surface area (Å²) in [5, 5.41) is 5.28. The second-order valence-electron chi connectivity index (χ2n) is 4.86. The number of hydrogen-bond acceptors (Lipinski definition) is 3. The van der Waals surface area contributed by atoms with Gasteiger partial charge in [0.2, 0.25) is 0 Å². The summed E-state index contributed by atoms with van der Waals surface area (Å²) in [5.74, 6) is 0. The molecule has 0 radical (unpaired) electrons. The van der Waals surface area contributed by atoms with Crippen molar-refractivity contribution in [2.45, 2.75) is 12.6 Å². The quantitative estimate of drug-likeness (QED) is 0.923. The molecule has 0 fully saturated rings. The number of aryl methyl sites for hydroxylation is 1. The fraction of sp³-hybridized carbons (Fsp3) is 0.357. The van der Waals surface area contributed by atoms with Crippen LogP contribution in [-0.2, 0) is 13.6 Å². The van der Waals surface area contributed by atoms with E-state index in [1.54, 1.807) is 10.7 Å². The predicted octanol–water partition coefficient (Wildman–Crippen LogP) is 2.86. The number of nitrogens with two attached hydrogens (primary N) is 1. The third kappa shape index (κ3) is 3.52. The molecule has 0 saturated carbocycles. The van der Waals surface area contributed by atoms with Gasteiger partial charge in [0.15, 0.2) is 0 Å². The van der Waals surface area contributed by atoms with Crippen molar-refractivity contribution in [2.24, 2.45) is 12.8 Å². The third-order valence-electron chi connectivity index (χ3n) is 3.27. The van der Waals surface area contributed by atoms with Crippen molar-refractivity contribution in [1.29, 1.82) is 0 Å². The van der Waals surface area contributed by atoms with Gasteiger partial charge in [-0.2, -0.15) is 5.10 Å². The zero-order chi connectivity index (χ0) is 14.7. The maximum atomic E-state index is 6.08.